The van der Waals surface area contributed by atoms with E-state index in [0.717, 1.165) is 12.1 Å². The number of hydrogen-bond acceptors (Lipinski definition) is 3. The first-order valence-electron chi connectivity index (χ1n) is 5.43. The first-order valence-corrected chi connectivity index (χ1v) is 7.74. The molecule has 0 saturated heterocycles. The molecule has 0 radical (unpaired) electrons. The summed E-state index contributed by atoms with van der Waals surface area (Å²) in [5.41, 5.74) is 0.377. The van der Waals surface area contributed by atoms with E-state index in [1.165, 1.54) is 6.92 Å². The highest BCUT2D eigenvalue weighted by molar-refractivity contribution is 8.13. The van der Waals surface area contributed by atoms with Crippen LogP contribution < -0.4 is 5.32 Å². The number of rotatable bonds is 3. The van der Waals surface area contributed by atoms with Crippen LogP contribution in [0.1, 0.15) is 18.1 Å². The molecule has 1 amide bonds. The standard InChI is InChI=1S/C11H11ClF3NO3S/c1-3-7-5-8(20(12,18)19)4-6(2)9(7)16-10(17)11(13,14)15/h4-5H,3H2,1-2H3,(H,16,17). The number of amides is 1. The van der Waals surface area contributed by atoms with E-state index in [9.17, 15) is 26.4 Å². The molecule has 0 bridgehead atoms. The van der Waals surface area contributed by atoms with Crippen molar-refractivity contribution in [3.63, 3.8) is 0 Å². The summed E-state index contributed by atoms with van der Waals surface area (Å²) < 4.78 is 59.2. The monoisotopic (exact) mass is 329 g/mol. The van der Waals surface area contributed by atoms with Gasteiger partial charge < -0.3 is 5.32 Å². The largest absolute Gasteiger partial charge is 0.471 e. The molecule has 1 N–H and O–H groups in total. The lowest BCUT2D eigenvalue weighted by molar-refractivity contribution is -0.167. The molecule has 0 spiro atoms. The van der Waals surface area contributed by atoms with Gasteiger partial charge in [0.25, 0.3) is 9.05 Å². The van der Waals surface area contributed by atoms with E-state index in [1.807, 2.05) is 0 Å². The highest BCUT2D eigenvalue weighted by Gasteiger charge is 2.39. The van der Waals surface area contributed by atoms with Crippen LogP contribution in [-0.2, 0) is 20.3 Å². The Morgan fingerprint density at radius 1 is 1.35 bits per heavy atom. The second-order valence-corrected chi connectivity index (χ2v) is 6.58. The SMILES string of the molecule is CCc1cc(S(=O)(=O)Cl)cc(C)c1NC(=O)C(F)(F)F. The zero-order valence-corrected chi connectivity index (χ0v) is 12.1. The highest BCUT2D eigenvalue weighted by Crippen LogP contribution is 2.29. The summed E-state index contributed by atoms with van der Waals surface area (Å²) in [7, 11) is 1.20. The minimum atomic E-state index is -5.02. The Morgan fingerprint density at radius 3 is 2.30 bits per heavy atom. The van der Waals surface area contributed by atoms with Gasteiger partial charge >= 0.3 is 12.1 Å². The van der Waals surface area contributed by atoms with E-state index in [0.29, 0.717) is 0 Å². The van der Waals surface area contributed by atoms with Crippen LogP contribution in [0.4, 0.5) is 18.9 Å². The van der Waals surface area contributed by atoms with E-state index in [4.69, 9.17) is 10.7 Å². The number of benzene rings is 1. The summed E-state index contributed by atoms with van der Waals surface area (Å²) in [5.74, 6) is -2.11. The Balaban J connectivity index is 3.32. The quantitative estimate of drug-likeness (QED) is 0.867. The van der Waals surface area contributed by atoms with Gasteiger partial charge in [0.2, 0.25) is 0 Å². The van der Waals surface area contributed by atoms with Gasteiger partial charge in [-0.2, -0.15) is 13.2 Å². The second-order valence-electron chi connectivity index (χ2n) is 4.02. The summed E-state index contributed by atoms with van der Waals surface area (Å²) in [4.78, 5) is 10.7. The average molecular weight is 330 g/mol. The van der Waals surface area contributed by atoms with Crippen molar-refractivity contribution in [1.29, 1.82) is 0 Å². The van der Waals surface area contributed by atoms with Gasteiger partial charge in [-0.25, -0.2) is 8.42 Å². The maximum absolute atomic E-state index is 12.2. The molecule has 0 aliphatic carbocycles. The molecule has 112 valence electrons. The predicted molar refractivity (Wildman–Crippen MR) is 68.3 cm³/mol. The number of carbonyl (C=O) groups excluding carboxylic acids is 1. The van der Waals surface area contributed by atoms with Gasteiger partial charge in [0.1, 0.15) is 0 Å². The zero-order valence-electron chi connectivity index (χ0n) is 10.5. The Hall–Kier alpha value is -1.28. The fraction of sp³-hybridized carbons (Fsp3) is 0.364. The van der Waals surface area contributed by atoms with E-state index in [-0.39, 0.29) is 28.1 Å². The Morgan fingerprint density at radius 2 is 1.90 bits per heavy atom. The topological polar surface area (TPSA) is 63.2 Å². The van der Waals surface area contributed by atoms with Crippen molar-refractivity contribution in [2.45, 2.75) is 31.3 Å². The number of carbonyl (C=O) groups is 1. The third-order valence-corrected chi connectivity index (χ3v) is 3.88. The Kier molecular flexibility index (Phi) is 4.70. The van der Waals surface area contributed by atoms with E-state index >= 15 is 0 Å². The van der Waals surface area contributed by atoms with Crippen LogP contribution in [0, 0.1) is 6.92 Å². The summed E-state index contributed by atoms with van der Waals surface area (Å²) in [6.45, 7) is 3.00. The lowest BCUT2D eigenvalue weighted by Gasteiger charge is -2.15. The molecule has 20 heavy (non-hydrogen) atoms. The summed E-state index contributed by atoms with van der Waals surface area (Å²) >= 11 is 0. The maximum Gasteiger partial charge on any atom is 0.471 e. The number of halogens is 4. The first kappa shape index (κ1) is 16.8. The predicted octanol–water partition coefficient (Wildman–Crippen LogP) is 2.99. The van der Waals surface area contributed by atoms with E-state index < -0.39 is 21.1 Å². The van der Waals surface area contributed by atoms with Gasteiger partial charge in [0, 0.05) is 16.4 Å². The van der Waals surface area contributed by atoms with E-state index in [2.05, 4.69) is 0 Å². The highest BCUT2D eigenvalue weighted by atomic mass is 35.7. The zero-order chi connectivity index (χ0) is 15.7. The number of nitrogens with one attached hydrogen (secondary N) is 1. The van der Waals surface area contributed by atoms with Gasteiger partial charge in [0.05, 0.1) is 4.90 Å². The van der Waals surface area contributed by atoms with Crippen molar-refractivity contribution < 1.29 is 26.4 Å². The van der Waals surface area contributed by atoms with Gasteiger partial charge in [0.15, 0.2) is 0 Å². The number of alkyl halides is 3. The molecule has 1 rings (SSSR count). The first-order chi connectivity index (χ1) is 8.96. The third kappa shape index (κ3) is 3.86. The normalized spacial score (nSPS) is 12.3. The van der Waals surface area contributed by atoms with Crippen molar-refractivity contribution in [2.75, 3.05) is 5.32 Å². The van der Waals surface area contributed by atoms with Crippen molar-refractivity contribution >= 4 is 31.3 Å². The van der Waals surface area contributed by atoms with E-state index in [1.54, 1.807) is 12.2 Å². The molecule has 1 aromatic carbocycles. The fourth-order valence-corrected chi connectivity index (χ4v) is 2.48. The Bertz CT molecular complexity index is 641. The van der Waals surface area contributed by atoms with Crippen LogP contribution in [0.25, 0.3) is 0 Å². The van der Waals surface area contributed by atoms with Gasteiger partial charge in [-0.3, -0.25) is 4.79 Å². The molecule has 0 aliphatic rings. The third-order valence-electron chi connectivity index (χ3n) is 2.55. The molecule has 0 heterocycles. The van der Waals surface area contributed by atoms with Crippen LogP contribution in [0.3, 0.4) is 0 Å². The molecule has 0 aliphatic heterocycles. The summed E-state index contributed by atoms with van der Waals surface area (Å²) in [6.07, 6.45) is -4.79. The van der Waals surface area contributed by atoms with Crippen molar-refractivity contribution in [3.8, 4) is 0 Å². The summed E-state index contributed by atoms with van der Waals surface area (Å²) in [5, 5.41) is 1.75. The minimum absolute atomic E-state index is 0.0566. The van der Waals surface area contributed by atoms with Crippen LogP contribution in [0.2, 0.25) is 0 Å². The minimum Gasteiger partial charge on any atom is -0.318 e. The van der Waals surface area contributed by atoms with Crippen molar-refractivity contribution in [3.05, 3.63) is 23.3 Å². The molecular formula is C11H11ClF3NO3S. The Labute approximate surface area is 118 Å². The molecule has 0 aromatic heterocycles. The number of aryl methyl sites for hydroxylation is 2. The van der Waals surface area contributed by atoms with Crippen molar-refractivity contribution in [2.24, 2.45) is 0 Å². The lowest BCUT2D eigenvalue weighted by Crippen LogP contribution is -2.30. The molecule has 0 saturated carbocycles. The molecular weight excluding hydrogens is 319 g/mol. The summed E-state index contributed by atoms with van der Waals surface area (Å²) in [6, 6.07) is 2.24. The molecule has 0 fully saturated rings. The maximum atomic E-state index is 12.2. The van der Waals surface area contributed by atoms with Crippen LogP contribution >= 0.6 is 10.7 Å². The number of anilines is 1. The molecule has 0 atom stereocenters. The lowest BCUT2D eigenvalue weighted by atomic mass is 10.1. The van der Waals surface area contributed by atoms with Gasteiger partial charge in [-0.1, -0.05) is 6.92 Å². The van der Waals surface area contributed by atoms with Crippen LogP contribution in [0.15, 0.2) is 17.0 Å². The van der Waals surface area contributed by atoms with Crippen molar-refractivity contribution in [1.82, 2.24) is 0 Å². The fourth-order valence-electron chi connectivity index (χ4n) is 1.61. The molecule has 0 unspecified atom stereocenters. The second kappa shape index (κ2) is 5.61. The molecule has 1 aromatic rings. The van der Waals surface area contributed by atoms with Crippen LogP contribution in [0.5, 0.6) is 0 Å². The molecule has 9 heteroatoms. The smallest absolute Gasteiger partial charge is 0.318 e. The number of hydrogen-bond donors (Lipinski definition) is 1. The van der Waals surface area contributed by atoms with Crippen LogP contribution in [-0.4, -0.2) is 20.5 Å². The average Bonchev–Trinajstić information content (AvgIpc) is 2.28. The van der Waals surface area contributed by atoms with Gasteiger partial charge in [-0.05, 0) is 36.6 Å². The van der Waals surface area contributed by atoms with Gasteiger partial charge in [-0.15, -0.1) is 0 Å². The molecule has 4 nitrogen and oxygen atoms in total.